The first-order valence-corrected chi connectivity index (χ1v) is 8.37. The summed E-state index contributed by atoms with van der Waals surface area (Å²) >= 11 is 5.32. The van der Waals surface area contributed by atoms with Crippen LogP contribution in [0.25, 0.3) is 0 Å². The summed E-state index contributed by atoms with van der Waals surface area (Å²) < 4.78 is 10.6. The molecule has 2 N–H and O–H groups in total. The Kier molecular flexibility index (Phi) is 6.65. The van der Waals surface area contributed by atoms with Crippen molar-refractivity contribution in [2.75, 3.05) is 14.2 Å². The highest BCUT2D eigenvalue weighted by Crippen LogP contribution is 2.29. The van der Waals surface area contributed by atoms with Gasteiger partial charge in [0.05, 0.1) is 20.4 Å². The summed E-state index contributed by atoms with van der Waals surface area (Å²) in [6, 6.07) is 6.08. The normalized spacial score (nSPS) is 21.0. The van der Waals surface area contributed by atoms with Crippen molar-refractivity contribution in [2.45, 2.75) is 38.6 Å². The molecule has 1 aromatic rings. The molecule has 1 aromatic carbocycles. The van der Waals surface area contributed by atoms with Crippen LogP contribution in [0.4, 0.5) is 0 Å². The Bertz CT molecular complexity index is 563. The lowest BCUT2D eigenvalue weighted by atomic mass is 9.86. The Morgan fingerprint density at radius 3 is 2.74 bits per heavy atom. The number of nitrogens with one attached hydrogen (secondary N) is 2. The highest BCUT2D eigenvalue weighted by Gasteiger charge is 2.21. The number of thiocarbonyl (C=S) groups is 1. The number of rotatable bonds is 5. The van der Waals surface area contributed by atoms with E-state index in [0.29, 0.717) is 28.6 Å². The van der Waals surface area contributed by atoms with E-state index in [4.69, 9.17) is 21.7 Å². The average Bonchev–Trinajstić information content (AvgIpc) is 2.56. The molecule has 0 amide bonds. The largest absolute Gasteiger partial charge is 0.493 e. The lowest BCUT2D eigenvalue weighted by molar-refractivity contribution is 0.308. The summed E-state index contributed by atoms with van der Waals surface area (Å²) in [5.74, 6) is 1.97. The third-order valence-electron chi connectivity index (χ3n) is 4.23. The Morgan fingerprint density at radius 2 is 2.04 bits per heavy atom. The van der Waals surface area contributed by atoms with Crippen molar-refractivity contribution < 1.29 is 9.47 Å². The molecule has 1 aliphatic rings. The Morgan fingerprint density at radius 1 is 1.26 bits per heavy atom. The van der Waals surface area contributed by atoms with Crippen LogP contribution < -0.4 is 20.2 Å². The van der Waals surface area contributed by atoms with Gasteiger partial charge < -0.3 is 14.8 Å². The molecule has 23 heavy (non-hydrogen) atoms. The van der Waals surface area contributed by atoms with Crippen molar-refractivity contribution in [2.24, 2.45) is 11.0 Å². The molecule has 2 rings (SSSR count). The van der Waals surface area contributed by atoms with Gasteiger partial charge in [0, 0.05) is 11.6 Å². The van der Waals surface area contributed by atoms with E-state index in [1.54, 1.807) is 20.4 Å². The molecule has 1 aliphatic carbocycles. The second kappa shape index (κ2) is 8.72. The van der Waals surface area contributed by atoms with Crippen molar-refractivity contribution in [3.63, 3.8) is 0 Å². The summed E-state index contributed by atoms with van der Waals surface area (Å²) in [4.78, 5) is 0. The first-order chi connectivity index (χ1) is 11.2. The first kappa shape index (κ1) is 17.5. The van der Waals surface area contributed by atoms with Gasteiger partial charge in [-0.1, -0.05) is 25.8 Å². The summed E-state index contributed by atoms with van der Waals surface area (Å²) in [7, 11) is 3.22. The summed E-state index contributed by atoms with van der Waals surface area (Å²) in [6.07, 6.45) is 6.67. The van der Waals surface area contributed by atoms with Crippen LogP contribution in [-0.4, -0.2) is 31.6 Å². The zero-order valence-electron chi connectivity index (χ0n) is 14.0. The standard InChI is InChI=1S/C17H25N3O2S/c1-12-7-4-5-9-14(12)19-17(23)20-18-11-13-8-6-10-15(21-2)16(13)22-3/h6,8,10-12,14H,4-5,7,9H2,1-3H3,(H2,19,20,23)/b18-11-/t12-,14+/m0/s1. The van der Waals surface area contributed by atoms with Crippen molar-refractivity contribution in [3.05, 3.63) is 23.8 Å². The second-order valence-electron chi connectivity index (χ2n) is 5.79. The van der Waals surface area contributed by atoms with Crippen LogP contribution in [0.1, 0.15) is 38.2 Å². The quantitative estimate of drug-likeness (QED) is 0.492. The van der Waals surface area contributed by atoms with E-state index in [1.807, 2.05) is 18.2 Å². The maximum atomic E-state index is 5.37. The zero-order valence-corrected chi connectivity index (χ0v) is 14.8. The minimum atomic E-state index is 0.435. The van der Waals surface area contributed by atoms with Crippen LogP contribution in [0, 0.1) is 5.92 Å². The van der Waals surface area contributed by atoms with Gasteiger partial charge >= 0.3 is 0 Å². The van der Waals surface area contributed by atoms with Crippen LogP contribution in [0.2, 0.25) is 0 Å². The molecule has 5 nitrogen and oxygen atoms in total. The van der Waals surface area contributed by atoms with E-state index in [9.17, 15) is 0 Å². The third kappa shape index (κ3) is 4.82. The van der Waals surface area contributed by atoms with E-state index >= 15 is 0 Å². The monoisotopic (exact) mass is 335 g/mol. The molecule has 0 unspecified atom stereocenters. The van der Waals surface area contributed by atoms with Gasteiger partial charge in [-0.3, -0.25) is 5.43 Å². The lowest BCUT2D eigenvalue weighted by Gasteiger charge is -2.30. The van der Waals surface area contributed by atoms with Gasteiger partial charge in [0.2, 0.25) is 0 Å². The average molecular weight is 335 g/mol. The first-order valence-electron chi connectivity index (χ1n) is 7.96. The molecule has 1 fully saturated rings. The van der Waals surface area contributed by atoms with Gasteiger partial charge in [-0.25, -0.2) is 0 Å². The lowest BCUT2D eigenvalue weighted by Crippen LogP contribution is -2.44. The predicted octanol–water partition coefficient (Wildman–Crippen LogP) is 3.08. The molecule has 2 atom stereocenters. The van der Waals surface area contributed by atoms with Crippen molar-refractivity contribution in [1.82, 2.24) is 10.7 Å². The summed E-state index contributed by atoms with van der Waals surface area (Å²) in [5, 5.41) is 8.12. The van der Waals surface area contributed by atoms with Crippen LogP contribution in [0.15, 0.2) is 23.3 Å². The Hall–Kier alpha value is -1.82. The van der Waals surface area contributed by atoms with Gasteiger partial charge in [0.1, 0.15) is 0 Å². The van der Waals surface area contributed by atoms with E-state index in [0.717, 1.165) is 12.0 Å². The molecule has 1 saturated carbocycles. The fraction of sp³-hybridized carbons (Fsp3) is 0.529. The van der Waals surface area contributed by atoms with Gasteiger partial charge in [-0.15, -0.1) is 0 Å². The van der Waals surface area contributed by atoms with E-state index in [1.165, 1.54) is 19.3 Å². The molecule has 0 bridgehead atoms. The Labute approximate surface area is 143 Å². The maximum Gasteiger partial charge on any atom is 0.187 e. The molecule has 0 aliphatic heterocycles. The highest BCUT2D eigenvalue weighted by atomic mass is 32.1. The number of hydrazone groups is 1. The molecule has 126 valence electrons. The molecule has 6 heteroatoms. The van der Waals surface area contributed by atoms with Gasteiger partial charge in [-0.2, -0.15) is 5.10 Å². The number of para-hydroxylation sites is 1. The number of nitrogens with zero attached hydrogens (tertiary/aromatic N) is 1. The van der Waals surface area contributed by atoms with Crippen LogP contribution in [0.3, 0.4) is 0 Å². The summed E-state index contributed by atoms with van der Waals surface area (Å²) in [6.45, 7) is 2.27. The van der Waals surface area contributed by atoms with E-state index < -0.39 is 0 Å². The smallest absolute Gasteiger partial charge is 0.187 e. The van der Waals surface area contributed by atoms with Crippen molar-refractivity contribution >= 4 is 23.5 Å². The number of hydrogen-bond donors (Lipinski definition) is 2. The van der Waals surface area contributed by atoms with Gasteiger partial charge in [0.25, 0.3) is 0 Å². The van der Waals surface area contributed by atoms with Gasteiger partial charge in [-0.05, 0) is 43.1 Å². The van der Waals surface area contributed by atoms with Crippen LogP contribution in [-0.2, 0) is 0 Å². The molecule has 0 heterocycles. The predicted molar refractivity (Wildman–Crippen MR) is 97.4 cm³/mol. The highest BCUT2D eigenvalue weighted by molar-refractivity contribution is 7.80. The second-order valence-corrected chi connectivity index (χ2v) is 6.20. The number of benzene rings is 1. The van der Waals surface area contributed by atoms with Crippen molar-refractivity contribution in [1.29, 1.82) is 0 Å². The third-order valence-corrected chi connectivity index (χ3v) is 4.44. The fourth-order valence-corrected chi connectivity index (χ4v) is 3.11. The minimum absolute atomic E-state index is 0.435. The number of methoxy groups -OCH3 is 2. The molecular weight excluding hydrogens is 310 g/mol. The fourth-order valence-electron chi connectivity index (χ4n) is 2.91. The minimum Gasteiger partial charge on any atom is -0.493 e. The molecular formula is C17H25N3O2S. The molecule has 0 saturated heterocycles. The van der Waals surface area contributed by atoms with Gasteiger partial charge in [0.15, 0.2) is 16.6 Å². The van der Waals surface area contributed by atoms with E-state index in [-0.39, 0.29) is 0 Å². The maximum absolute atomic E-state index is 5.37. The molecule has 0 radical (unpaired) electrons. The topological polar surface area (TPSA) is 54.9 Å². The Balaban J connectivity index is 1.92. The zero-order chi connectivity index (χ0) is 16.7. The molecule has 0 aromatic heterocycles. The molecule has 0 spiro atoms. The number of ether oxygens (including phenoxy) is 2. The van der Waals surface area contributed by atoms with Crippen molar-refractivity contribution in [3.8, 4) is 11.5 Å². The SMILES string of the molecule is COc1cccc(/C=N\NC(=S)N[C@@H]2CCCC[C@@H]2C)c1OC. The van der Waals surface area contributed by atoms with E-state index in [2.05, 4.69) is 22.8 Å². The van der Waals surface area contributed by atoms with Crippen LogP contribution in [0.5, 0.6) is 11.5 Å². The summed E-state index contributed by atoms with van der Waals surface area (Å²) in [5.41, 5.74) is 3.71. The number of hydrogen-bond acceptors (Lipinski definition) is 4. The van der Waals surface area contributed by atoms with Crippen LogP contribution >= 0.6 is 12.2 Å².